The van der Waals surface area contributed by atoms with Crippen LogP contribution < -0.4 is 5.32 Å². The second kappa shape index (κ2) is 4.25. The van der Waals surface area contributed by atoms with Crippen molar-refractivity contribution in [1.29, 1.82) is 0 Å². The number of rotatable bonds is 1. The average Bonchev–Trinajstić information content (AvgIpc) is 2.43. The van der Waals surface area contributed by atoms with Crippen LogP contribution in [0.25, 0.3) is 0 Å². The van der Waals surface area contributed by atoms with Crippen molar-refractivity contribution in [3.8, 4) is 0 Å². The van der Waals surface area contributed by atoms with Gasteiger partial charge in [0.25, 0.3) is 0 Å². The van der Waals surface area contributed by atoms with E-state index in [0.29, 0.717) is 6.04 Å². The van der Waals surface area contributed by atoms with Crippen LogP contribution in [-0.4, -0.2) is 6.54 Å². The van der Waals surface area contributed by atoms with Crippen LogP contribution in [0, 0.1) is 6.92 Å². The van der Waals surface area contributed by atoms with Gasteiger partial charge in [-0.15, -0.1) is 11.3 Å². The molecule has 1 aromatic rings. The predicted octanol–water partition coefficient (Wildman–Crippen LogP) is 3.26. The third kappa shape index (κ3) is 2.12. The fraction of sp³-hybridized carbons (Fsp3) is 0.636. The Labute approximate surface area is 84.2 Å². The monoisotopic (exact) mass is 195 g/mol. The Morgan fingerprint density at radius 3 is 3.08 bits per heavy atom. The van der Waals surface area contributed by atoms with Gasteiger partial charge in [-0.2, -0.15) is 0 Å². The van der Waals surface area contributed by atoms with Crippen LogP contribution in [-0.2, 0) is 0 Å². The van der Waals surface area contributed by atoms with Crippen molar-refractivity contribution in [3.63, 3.8) is 0 Å². The summed E-state index contributed by atoms with van der Waals surface area (Å²) in [6.45, 7) is 3.42. The van der Waals surface area contributed by atoms with Crippen molar-refractivity contribution in [3.05, 3.63) is 21.9 Å². The van der Waals surface area contributed by atoms with E-state index in [1.165, 1.54) is 42.7 Å². The molecular formula is C11H17NS. The molecule has 1 aliphatic rings. The molecule has 1 N–H and O–H groups in total. The van der Waals surface area contributed by atoms with Crippen molar-refractivity contribution in [2.45, 2.75) is 38.6 Å². The number of aryl methyl sites for hydroxylation is 1. The fourth-order valence-corrected chi connectivity index (χ4v) is 2.82. The van der Waals surface area contributed by atoms with Crippen molar-refractivity contribution in [1.82, 2.24) is 5.32 Å². The van der Waals surface area contributed by atoms with Crippen molar-refractivity contribution < 1.29 is 0 Å². The molecule has 1 saturated heterocycles. The summed E-state index contributed by atoms with van der Waals surface area (Å²) in [6, 6.07) is 2.91. The van der Waals surface area contributed by atoms with Gasteiger partial charge in [0.1, 0.15) is 0 Å². The molecule has 0 spiro atoms. The molecule has 1 unspecified atom stereocenters. The Bertz CT molecular complexity index is 259. The third-order valence-electron chi connectivity index (χ3n) is 2.83. The highest BCUT2D eigenvalue weighted by Crippen LogP contribution is 2.27. The highest BCUT2D eigenvalue weighted by molar-refractivity contribution is 7.10. The van der Waals surface area contributed by atoms with Crippen molar-refractivity contribution in [2.24, 2.45) is 0 Å². The molecule has 2 rings (SSSR count). The fourth-order valence-electron chi connectivity index (χ4n) is 2.05. The van der Waals surface area contributed by atoms with Gasteiger partial charge in [-0.25, -0.2) is 0 Å². The summed E-state index contributed by atoms with van der Waals surface area (Å²) < 4.78 is 0. The number of hydrogen-bond donors (Lipinski definition) is 1. The van der Waals surface area contributed by atoms with Gasteiger partial charge >= 0.3 is 0 Å². The summed E-state index contributed by atoms with van der Waals surface area (Å²) in [7, 11) is 0. The van der Waals surface area contributed by atoms with E-state index in [-0.39, 0.29) is 0 Å². The first-order chi connectivity index (χ1) is 6.38. The number of nitrogens with one attached hydrogen (secondary N) is 1. The SMILES string of the molecule is Cc1sccc1C1CCCCCN1. The van der Waals surface area contributed by atoms with E-state index < -0.39 is 0 Å². The maximum Gasteiger partial charge on any atom is 0.0331 e. The largest absolute Gasteiger partial charge is 0.310 e. The quantitative estimate of drug-likeness (QED) is 0.725. The Morgan fingerprint density at radius 2 is 2.31 bits per heavy atom. The van der Waals surface area contributed by atoms with E-state index in [9.17, 15) is 0 Å². The molecule has 2 heteroatoms. The number of thiophene rings is 1. The topological polar surface area (TPSA) is 12.0 Å². The predicted molar refractivity (Wildman–Crippen MR) is 58.3 cm³/mol. The maximum absolute atomic E-state index is 3.63. The molecule has 0 bridgehead atoms. The van der Waals surface area contributed by atoms with Crippen molar-refractivity contribution in [2.75, 3.05) is 6.54 Å². The van der Waals surface area contributed by atoms with Crippen LogP contribution in [0.4, 0.5) is 0 Å². The molecule has 0 radical (unpaired) electrons. The minimum absolute atomic E-state index is 0.633. The molecule has 1 atom stereocenters. The zero-order valence-electron chi connectivity index (χ0n) is 8.18. The lowest BCUT2D eigenvalue weighted by Gasteiger charge is -2.15. The first-order valence-corrected chi connectivity index (χ1v) is 6.03. The van der Waals surface area contributed by atoms with E-state index in [4.69, 9.17) is 0 Å². The minimum atomic E-state index is 0.633. The van der Waals surface area contributed by atoms with Crippen LogP contribution in [0.5, 0.6) is 0 Å². The van der Waals surface area contributed by atoms with Crippen LogP contribution in [0.2, 0.25) is 0 Å². The molecule has 1 nitrogen and oxygen atoms in total. The lowest BCUT2D eigenvalue weighted by molar-refractivity contribution is 0.534. The lowest BCUT2D eigenvalue weighted by atomic mass is 10.0. The molecule has 0 amide bonds. The first-order valence-electron chi connectivity index (χ1n) is 5.15. The average molecular weight is 195 g/mol. The molecule has 0 aliphatic carbocycles. The van der Waals surface area contributed by atoms with Crippen molar-refractivity contribution >= 4 is 11.3 Å². The van der Waals surface area contributed by atoms with E-state index in [0.717, 1.165) is 0 Å². The van der Waals surface area contributed by atoms with Crippen LogP contribution in [0.1, 0.15) is 42.2 Å². The minimum Gasteiger partial charge on any atom is -0.310 e. The molecule has 1 aromatic heterocycles. The second-order valence-corrected chi connectivity index (χ2v) is 4.91. The van der Waals surface area contributed by atoms with E-state index in [1.807, 2.05) is 11.3 Å². The maximum atomic E-state index is 3.63. The van der Waals surface area contributed by atoms with Gasteiger partial charge in [-0.1, -0.05) is 12.8 Å². The molecule has 0 saturated carbocycles. The summed E-state index contributed by atoms with van der Waals surface area (Å²) >= 11 is 1.86. The van der Waals surface area contributed by atoms with Gasteiger partial charge in [-0.3, -0.25) is 0 Å². The van der Waals surface area contributed by atoms with Crippen LogP contribution in [0.3, 0.4) is 0 Å². The molecule has 13 heavy (non-hydrogen) atoms. The first kappa shape index (κ1) is 9.22. The summed E-state index contributed by atoms with van der Waals surface area (Å²) in [5, 5.41) is 5.84. The van der Waals surface area contributed by atoms with Gasteiger partial charge < -0.3 is 5.32 Å². The van der Waals surface area contributed by atoms with Gasteiger partial charge in [0.2, 0.25) is 0 Å². The van der Waals surface area contributed by atoms with E-state index >= 15 is 0 Å². The van der Waals surface area contributed by atoms with E-state index in [2.05, 4.69) is 23.7 Å². The van der Waals surface area contributed by atoms with Gasteiger partial charge in [-0.05, 0) is 43.3 Å². The molecule has 0 aromatic carbocycles. The Morgan fingerprint density at radius 1 is 1.38 bits per heavy atom. The Hall–Kier alpha value is -0.340. The van der Waals surface area contributed by atoms with Gasteiger partial charge in [0.15, 0.2) is 0 Å². The smallest absolute Gasteiger partial charge is 0.0331 e. The Kier molecular flexibility index (Phi) is 3.01. The highest BCUT2D eigenvalue weighted by atomic mass is 32.1. The molecular weight excluding hydrogens is 178 g/mol. The van der Waals surface area contributed by atoms with Crippen LogP contribution >= 0.6 is 11.3 Å². The normalized spacial score (nSPS) is 24.2. The zero-order chi connectivity index (χ0) is 9.10. The standard InChI is InChI=1S/C11H17NS/c1-9-10(6-8-13-9)11-5-3-2-4-7-12-11/h6,8,11-12H,2-5,7H2,1H3. The Balaban J connectivity index is 2.10. The zero-order valence-corrected chi connectivity index (χ0v) is 8.99. The van der Waals surface area contributed by atoms with E-state index in [1.54, 1.807) is 0 Å². The van der Waals surface area contributed by atoms with Crippen LogP contribution in [0.15, 0.2) is 11.4 Å². The summed E-state index contributed by atoms with van der Waals surface area (Å²) in [6.07, 6.45) is 5.44. The van der Waals surface area contributed by atoms with Gasteiger partial charge in [0.05, 0.1) is 0 Å². The highest BCUT2D eigenvalue weighted by Gasteiger charge is 2.15. The second-order valence-electron chi connectivity index (χ2n) is 3.79. The molecule has 1 fully saturated rings. The molecule has 1 aliphatic heterocycles. The van der Waals surface area contributed by atoms with Gasteiger partial charge in [0, 0.05) is 10.9 Å². The summed E-state index contributed by atoms with van der Waals surface area (Å²) in [4.78, 5) is 1.49. The summed E-state index contributed by atoms with van der Waals surface area (Å²) in [5.74, 6) is 0. The number of hydrogen-bond acceptors (Lipinski definition) is 2. The third-order valence-corrected chi connectivity index (χ3v) is 3.70. The summed E-state index contributed by atoms with van der Waals surface area (Å²) in [5.41, 5.74) is 1.53. The molecule has 72 valence electrons. The lowest BCUT2D eigenvalue weighted by Crippen LogP contribution is -2.20. The molecule has 2 heterocycles.